The zero-order valence-corrected chi connectivity index (χ0v) is 10.5. The summed E-state index contributed by atoms with van der Waals surface area (Å²) >= 11 is 0. The van der Waals surface area contributed by atoms with Gasteiger partial charge in [0.25, 0.3) is 0 Å². The van der Waals surface area contributed by atoms with E-state index in [4.69, 9.17) is 0 Å². The Balaban J connectivity index is 4.00. The normalized spacial score (nSPS) is 14.8. The van der Waals surface area contributed by atoms with E-state index in [0.717, 1.165) is 0 Å². The number of hydrogen-bond donors (Lipinski definition) is 0. The fourth-order valence-electron chi connectivity index (χ4n) is 1.03. The summed E-state index contributed by atoms with van der Waals surface area (Å²) in [5.74, 6) is 0. The van der Waals surface area contributed by atoms with E-state index in [1.807, 2.05) is 0 Å². The largest absolute Gasteiger partial charge is 0.0851 e. The van der Waals surface area contributed by atoms with Crippen LogP contribution < -0.4 is 0 Å². The van der Waals surface area contributed by atoms with Crippen LogP contribution in [0, 0.1) is 10.8 Å². The maximum atomic E-state index is 2.39. The second-order valence-electron chi connectivity index (χ2n) is 6.24. The van der Waals surface area contributed by atoms with Crippen LogP contribution >= 0.6 is 0 Å². The van der Waals surface area contributed by atoms with Gasteiger partial charge in [-0.15, -0.1) is 0 Å². The predicted octanol–water partition coefficient (Wildman–Crippen LogP) is 4.81. The fraction of sp³-hybridized carbons (Fsp3) is 0.846. The third kappa shape index (κ3) is 6.86. The van der Waals surface area contributed by atoms with Gasteiger partial charge in [-0.05, 0) is 30.6 Å². The quantitative estimate of drug-likeness (QED) is 0.538. The van der Waals surface area contributed by atoms with Gasteiger partial charge in [-0.1, -0.05) is 53.2 Å². The van der Waals surface area contributed by atoms with E-state index >= 15 is 0 Å². The molecule has 0 radical (unpaired) electrons. The molecule has 0 bridgehead atoms. The first-order chi connectivity index (χ1) is 5.63. The summed E-state index contributed by atoms with van der Waals surface area (Å²) in [6.07, 6.45) is 4.89. The Hall–Kier alpha value is -0.260. The maximum Gasteiger partial charge on any atom is -0.0176 e. The lowest BCUT2D eigenvalue weighted by Crippen LogP contribution is -2.07. The molecule has 0 unspecified atom stereocenters. The fourth-order valence-corrected chi connectivity index (χ4v) is 1.03. The molecule has 0 aliphatic rings. The van der Waals surface area contributed by atoms with Crippen LogP contribution in [0.1, 0.15) is 61.3 Å². The summed E-state index contributed by atoms with van der Waals surface area (Å²) in [6.45, 7) is 16.0. The summed E-state index contributed by atoms with van der Waals surface area (Å²) in [7, 11) is 0. The van der Waals surface area contributed by atoms with Crippen molar-refractivity contribution in [3.63, 3.8) is 0 Å². The van der Waals surface area contributed by atoms with E-state index < -0.39 is 0 Å². The first kappa shape index (κ1) is 12.7. The van der Waals surface area contributed by atoms with Crippen molar-refractivity contribution in [1.29, 1.82) is 0 Å². The minimum absolute atomic E-state index is 0.345. The van der Waals surface area contributed by atoms with Crippen molar-refractivity contribution in [3.8, 4) is 0 Å². The highest BCUT2D eigenvalue weighted by atomic mass is 14.2. The molecule has 0 rings (SSSR count). The van der Waals surface area contributed by atoms with Crippen LogP contribution in [0.5, 0.6) is 0 Å². The van der Waals surface area contributed by atoms with E-state index in [1.54, 1.807) is 0 Å². The van der Waals surface area contributed by atoms with Gasteiger partial charge in [-0.3, -0.25) is 0 Å². The van der Waals surface area contributed by atoms with Crippen molar-refractivity contribution in [2.24, 2.45) is 10.8 Å². The standard InChI is InChI=1S/C13H26/c1-11(13(5,6)7)9-8-10-12(2,3)4/h9H,8,10H2,1-7H3/b11-9+. The highest BCUT2D eigenvalue weighted by Gasteiger charge is 2.13. The highest BCUT2D eigenvalue weighted by molar-refractivity contribution is 5.07. The summed E-state index contributed by atoms with van der Waals surface area (Å²) in [5, 5.41) is 0. The summed E-state index contributed by atoms with van der Waals surface area (Å²) in [4.78, 5) is 0. The van der Waals surface area contributed by atoms with Gasteiger partial charge in [0.15, 0.2) is 0 Å². The lowest BCUT2D eigenvalue weighted by Gasteiger charge is -2.21. The van der Waals surface area contributed by atoms with Crippen LogP contribution in [0.4, 0.5) is 0 Å². The molecule has 0 aromatic rings. The van der Waals surface area contributed by atoms with Gasteiger partial charge in [-0.2, -0.15) is 0 Å². The predicted molar refractivity (Wildman–Crippen MR) is 61.9 cm³/mol. The van der Waals surface area contributed by atoms with E-state index in [2.05, 4.69) is 54.5 Å². The molecule has 0 aliphatic carbocycles. The minimum Gasteiger partial charge on any atom is -0.0851 e. The smallest absolute Gasteiger partial charge is 0.0176 e. The number of hydrogen-bond acceptors (Lipinski definition) is 0. The third-order valence-corrected chi connectivity index (χ3v) is 2.53. The van der Waals surface area contributed by atoms with Crippen LogP contribution in [0.15, 0.2) is 11.6 Å². The summed E-state index contributed by atoms with van der Waals surface area (Å²) < 4.78 is 0. The van der Waals surface area contributed by atoms with Crippen LogP contribution in [0.3, 0.4) is 0 Å². The molecule has 0 spiro atoms. The van der Waals surface area contributed by atoms with Gasteiger partial charge in [-0.25, -0.2) is 0 Å². The lowest BCUT2D eigenvalue weighted by atomic mass is 9.85. The zero-order chi connectivity index (χ0) is 10.7. The molecule has 13 heavy (non-hydrogen) atoms. The van der Waals surface area contributed by atoms with Crippen molar-refractivity contribution in [1.82, 2.24) is 0 Å². The maximum absolute atomic E-state index is 2.39. The van der Waals surface area contributed by atoms with Crippen molar-refractivity contribution >= 4 is 0 Å². The second kappa shape index (κ2) is 4.30. The van der Waals surface area contributed by atoms with Crippen LogP contribution in [-0.2, 0) is 0 Å². The Morgan fingerprint density at radius 1 is 1.00 bits per heavy atom. The molecule has 0 nitrogen and oxygen atoms in total. The molecule has 0 aromatic carbocycles. The van der Waals surface area contributed by atoms with Crippen molar-refractivity contribution in [2.75, 3.05) is 0 Å². The van der Waals surface area contributed by atoms with E-state index in [9.17, 15) is 0 Å². The Bertz CT molecular complexity index is 171. The topological polar surface area (TPSA) is 0 Å². The van der Waals surface area contributed by atoms with Crippen molar-refractivity contribution in [2.45, 2.75) is 61.3 Å². The molecule has 0 heteroatoms. The van der Waals surface area contributed by atoms with Crippen LogP contribution in [0.2, 0.25) is 0 Å². The van der Waals surface area contributed by atoms with Gasteiger partial charge in [0, 0.05) is 0 Å². The molecular formula is C13H26. The molecule has 78 valence electrons. The Morgan fingerprint density at radius 2 is 1.46 bits per heavy atom. The van der Waals surface area contributed by atoms with Gasteiger partial charge in [0.2, 0.25) is 0 Å². The molecular weight excluding hydrogens is 156 g/mol. The zero-order valence-electron chi connectivity index (χ0n) is 10.5. The van der Waals surface area contributed by atoms with E-state index in [1.165, 1.54) is 18.4 Å². The van der Waals surface area contributed by atoms with Crippen molar-refractivity contribution < 1.29 is 0 Å². The molecule has 0 fully saturated rings. The average molecular weight is 182 g/mol. The minimum atomic E-state index is 0.345. The average Bonchev–Trinajstić information content (AvgIpc) is 1.82. The number of rotatable bonds is 2. The molecule has 0 N–H and O–H groups in total. The molecule has 0 amide bonds. The second-order valence-corrected chi connectivity index (χ2v) is 6.24. The monoisotopic (exact) mass is 182 g/mol. The van der Waals surface area contributed by atoms with Gasteiger partial charge in [0.05, 0.1) is 0 Å². The summed E-state index contributed by atoms with van der Waals surface area (Å²) in [6, 6.07) is 0. The van der Waals surface area contributed by atoms with Gasteiger partial charge in [0.1, 0.15) is 0 Å². The molecule has 0 aromatic heterocycles. The van der Waals surface area contributed by atoms with E-state index in [0.29, 0.717) is 10.8 Å². The Labute approximate surface area is 84.4 Å². The SMILES string of the molecule is C/C(=C\CCC(C)(C)C)C(C)(C)C. The molecule has 0 aliphatic heterocycles. The molecule has 0 atom stereocenters. The van der Waals surface area contributed by atoms with Gasteiger partial charge >= 0.3 is 0 Å². The van der Waals surface area contributed by atoms with Crippen molar-refractivity contribution in [3.05, 3.63) is 11.6 Å². The Morgan fingerprint density at radius 3 is 1.77 bits per heavy atom. The molecule has 0 saturated heterocycles. The highest BCUT2D eigenvalue weighted by Crippen LogP contribution is 2.27. The molecule has 0 heterocycles. The van der Waals surface area contributed by atoms with Gasteiger partial charge < -0.3 is 0 Å². The number of allylic oxidation sites excluding steroid dienone is 2. The van der Waals surface area contributed by atoms with Crippen LogP contribution in [-0.4, -0.2) is 0 Å². The Kier molecular flexibility index (Phi) is 4.22. The first-order valence-corrected chi connectivity index (χ1v) is 5.30. The third-order valence-electron chi connectivity index (χ3n) is 2.53. The first-order valence-electron chi connectivity index (χ1n) is 5.30. The summed E-state index contributed by atoms with van der Waals surface area (Å²) in [5.41, 5.74) is 2.32. The lowest BCUT2D eigenvalue weighted by molar-refractivity contribution is 0.379. The van der Waals surface area contributed by atoms with E-state index in [-0.39, 0.29) is 0 Å². The van der Waals surface area contributed by atoms with Crippen LogP contribution in [0.25, 0.3) is 0 Å². The molecule has 0 saturated carbocycles.